The minimum atomic E-state index is -0.414. The van der Waals surface area contributed by atoms with E-state index in [1.54, 1.807) is 0 Å². The molecule has 0 aromatic heterocycles. The Labute approximate surface area is 92.8 Å². The Kier molecular flexibility index (Phi) is 4.58. The summed E-state index contributed by atoms with van der Waals surface area (Å²) in [5.41, 5.74) is 5.19. The van der Waals surface area contributed by atoms with Crippen LogP contribution in [-0.2, 0) is 4.79 Å². The van der Waals surface area contributed by atoms with E-state index < -0.39 is 5.54 Å². The summed E-state index contributed by atoms with van der Waals surface area (Å²) in [5.74, 6) is 0.276. The average Bonchev–Trinajstić information content (AvgIpc) is 2.26. The maximum absolute atomic E-state index is 11.7. The summed E-state index contributed by atoms with van der Waals surface area (Å²) in [7, 11) is 0. The fourth-order valence-corrected chi connectivity index (χ4v) is 2.79. The molecule has 3 N–H and O–H groups in total. The fourth-order valence-electron chi connectivity index (χ4n) is 2.79. The minimum absolute atomic E-state index is 0.150. The van der Waals surface area contributed by atoms with Crippen molar-refractivity contribution in [3.8, 4) is 0 Å². The Morgan fingerprint density at radius 3 is 2.73 bits per heavy atom. The number of nitrogens with two attached hydrogens (primary N) is 1. The Hall–Kier alpha value is -0.570. The standard InChI is InChI=1S/C12H24N2O/c1-3-9-14-12(11(13)15)8-6-5-7-10(12)4-2/h10,14H,3-9H2,1-2H3,(H2,13,15). The van der Waals surface area contributed by atoms with E-state index >= 15 is 0 Å². The summed E-state index contributed by atoms with van der Waals surface area (Å²) in [6, 6.07) is 0. The second-order valence-electron chi connectivity index (χ2n) is 4.61. The van der Waals surface area contributed by atoms with Crippen molar-refractivity contribution >= 4 is 5.91 Å². The number of primary amides is 1. The molecule has 2 atom stereocenters. The minimum Gasteiger partial charge on any atom is -0.368 e. The molecule has 0 spiro atoms. The van der Waals surface area contributed by atoms with Gasteiger partial charge < -0.3 is 11.1 Å². The van der Waals surface area contributed by atoms with Crippen LogP contribution in [0.25, 0.3) is 0 Å². The quantitative estimate of drug-likeness (QED) is 0.730. The van der Waals surface area contributed by atoms with Crippen molar-refractivity contribution in [1.82, 2.24) is 5.32 Å². The Morgan fingerprint density at radius 1 is 1.47 bits per heavy atom. The molecule has 1 fully saturated rings. The molecule has 0 heterocycles. The van der Waals surface area contributed by atoms with Crippen LogP contribution in [0.3, 0.4) is 0 Å². The van der Waals surface area contributed by atoms with E-state index in [-0.39, 0.29) is 5.91 Å². The van der Waals surface area contributed by atoms with Crippen LogP contribution in [0, 0.1) is 5.92 Å². The zero-order chi connectivity index (χ0) is 11.3. The molecular formula is C12H24N2O. The van der Waals surface area contributed by atoms with Crippen molar-refractivity contribution in [3.63, 3.8) is 0 Å². The van der Waals surface area contributed by atoms with Crippen molar-refractivity contribution in [2.45, 2.75) is 57.9 Å². The van der Waals surface area contributed by atoms with Gasteiger partial charge in [0.15, 0.2) is 0 Å². The van der Waals surface area contributed by atoms with Gasteiger partial charge in [0.25, 0.3) is 0 Å². The molecule has 0 saturated heterocycles. The molecule has 3 nitrogen and oxygen atoms in total. The van der Waals surface area contributed by atoms with Crippen LogP contribution < -0.4 is 11.1 Å². The number of hydrogen-bond acceptors (Lipinski definition) is 2. The maximum Gasteiger partial charge on any atom is 0.238 e. The highest BCUT2D eigenvalue weighted by Crippen LogP contribution is 2.35. The molecule has 0 bridgehead atoms. The first kappa shape index (κ1) is 12.5. The molecule has 0 radical (unpaired) electrons. The van der Waals surface area contributed by atoms with Gasteiger partial charge >= 0.3 is 0 Å². The van der Waals surface area contributed by atoms with Gasteiger partial charge in [0.1, 0.15) is 5.54 Å². The first-order chi connectivity index (χ1) is 7.17. The molecular weight excluding hydrogens is 188 g/mol. The largest absolute Gasteiger partial charge is 0.368 e. The highest BCUT2D eigenvalue weighted by atomic mass is 16.1. The van der Waals surface area contributed by atoms with E-state index in [4.69, 9.17) is 5.73 Å². The van der Waals surface area contributed by atoms with Gasteiger partial charge in [-0.15, -0.1) is 0 Å². The van der Waals surface area contributed by atoms with Gasteiger partial charge in [-0.3, -0.25) is 4.79 Å². The molecule has 1 aliphatic carbocycles. The van der Waals surface area contributed by atoms with Gasteiger partial charge in [-0.25, -0.2) is 0 Å². The lowest BCUT2D eigenvalue weighted by molar-refractivity contribution is -0.128. The van der Waals surface area contributed by atoms with E-state index in [0.29, 0.717) is 5.92 Å². The van der Waals surface area contributed by atoms with E-state index in [0.717, 1.165) is 38.6 Å². The van der Waals surface area contributed by atoms with Crippen molar-refractivity contribution in [2.24, 2.45) is 11.7 Å². The number of nitrogens with one attached hydrogen (secondary N) is 1. The Bertz CT molecular complexity index is 218. The second kappa shape index (κ2) is 5.50. The van der Waals surface area contributed by atoms with Crippen LogP contribution in [-0.4, -0.2) is 18.0 Å². The van der Waals surface area contributed by atoms with Crippen LogP contribution in [0.4, 0.5) is 0 Å². The summed E-state index contributed by atoms with van der Waals surface area (Å²) < 4.78 is 0. The van der Waals surface area contributed by atoms with Gasteiger partial charge in [-0.05, 0) is 31.7 Å². The normalized spacial score (nSPS) is 31.5. The van der Waals surface area contributed by atoms with Gasteiger partial charge in [0.2, 0.25) is 5.91 Å². The van der Waals surface area contributed by atoms with Gasteiger partial charge in [0.05, 0.1) is 0 Å². The van der Waals surface area contributed by atoms with E-state index in [1.165, 1.54) is 6.42 Å². The summed E-state index contributed by atoms with van der Waals surface area (Å²) in [4.78, 5) is 11.7. The SMILES string of the molecule is CCCNC1(C(N)=O)CCCCC1CC. The molecule has 3 heteroatoms. The smallest absolute Gasteiger partial charge is 0.238 e. The number of carbonyl (C=O) groups excluding carboxylic acids is 1. The lowest BCUT2D eigenvalue weighted by Crippen LogP contribution is -2.61. The molecule has 2 unspecified atom stereocenters. The van der Waals surface area contributed by atoms with Crippen LogP contribution >= 0.6 is 0 Å². The fraction of sp³-hybridized carbons (Fsp3) is 0.917. The van der Waals surface area contributed by atoms with E-state index in [1.807, 2.05) is 0 Å². The molecule has 0 aromatic rings. The van der Waals surface area contributed by atoms with Crippen LogP contribution in [0.1, 0.15) is 52.4 Å². The van der Waals surface area contributed by atoms with Gasteiger partial charge in [-0.1, -0.05) is 33.1 Å². The lowest BCUT2D eigenvalue weighted by atomic mass is 9.71. The third kappa shape index (κ3) is 2.51. The predicted molar refractivity (Wildman–Crippen MR) is 62.5 cm³/mol. The highest BCUT2D eigenvalue weighted by molar-refractivity contribution is 5.85. The molecule has 1 amide bonds. The lowest BCUT2D eigenvalue weighted by Gasteiger charge is -2.42. The molecule has 15 heavy (non-hydrogen) atoms. The highest BCUT2D eigenvalue weighted by Gasteiger charge is 2.43. The van der Waals surface area contributed by atoms with Crippen LogP contribution in [0.15, 0.2) is 0 Å². The first-order valence-corrected chi connectivity index (χ1v) is 6.22. The van der Waals surface area contributed by atoms with Crippen LogP contribution in [0.5, 0.6) is 0 Å². The molecule has 0 aliphatic heterocycles. The maximum atomic E-state index is 11.7. The van der Waals surface area contributed by atoms with Crippen molar-refractivity contribution in [1.29, 1.82) is 0 Å². The average molecular weight is 212 g/mol. The molecule has 1 saturated carbocycles. The predicted octanol–water partition coefficient (Wildman–Crippen LogP) is 1.81. The Morgan fingerprint density at radius 2 is 2.20 bits per heavy atom. The topological polar surface area (TPSA) is 55.1 Å². The summed E-state index contributed by atoms with van der Waals surface area (Å²) in [6.07, 6.45) is 6.50. The monoisotopic (exact) mass is 212 g/mol. The third-order valence-corrected chi connectivity index (χ3v) is 3.69. The van der Waals surface area contributed by atoms with Crippen molar-refractivity contribution < 1.29 is 4.79 Å². The number of carbonyl (C=O) groups is 1. The summed E-state index contributed by atoms with van der Waals surface area (Å²) in [5, 5.41) is 3.41. The third-order valence-electron chi connectivity index (χ3n) is 3.69. The zero-order valence-corrected chi connectivity index (χ0v) is 10.0. The molecule has 0 aromatic carbocycles. The number of hydrogen-bond donors (Lipinski definition) is 2. The van der Waals surface area contributed by atoms with E-state index in [2.05, 4.69) is 19.2 Å². The van der Waals surface area contributed by atoms with Gasteiger partial charge in [-0.2, -0.15) is 0 Å². The van der Waals surface area contributed by atoms with Crippen molar-refractivity contribution in [2.75, 3.05) is 6.54 Å². The number of amides is 1. The van der Waals surface area contributed by atoms with Crippen LogP contribution in [0.2, 0.25) is 0 Å². The second-order valence-corrected chi connectivity index (χ2v) is 4.61. The summed E-state index contributed by atoms with van der Waals surface area (Å²) in [6.45, 7) is 5.16. The van der Waals surface area contributed by atoms with E-state index in [9.17, 15) is 4.79 Å². The van der Waals surface area contributed by atoms with Crippen molar-refractivity contribution in [3.05, 3.63) is 0 Å². The summed E-state index contributed by atoms with van der Waals surface area (Å²) >= 11 is 0. The van der Waals surface area contributed by atoms with Gasteiger partial charge in [0, 0.05) is 0 Å². The zero-order valence-electron chi connectivity index (χ0n) is 10.0. The Balaban J connectivity index is 2.79. The number of rotatable bonds is 5. The molecule has 88 valence electrons. The molecule has 1 rings (SSSR count). The first-order valence-electron chi connectivity index (χ1n) is 6.22. The molecule has 1 aliphatic rings.